The molecule has 1 atom stereocenters. The lowest BCUT2D eigenvalue weighted by molar-refractivity contribution is 0.242. The van der Waals surface area contributed by atoms with E-state index < -0.39 is 0 Å². The van der Waals surface area contributed by atoms with Crippen molar-refractivity contribution in [1.82, 2.24) is 10.2 Å². The maximum absolute atomic E-state index is 6.20. The van der Waals surface area contributed by atoms with Crippen molar-refractivity contribution in [3.05, 3.63) is 34.8 Å². The molecule has 0 saturated heterocycles. The number of aromatic nitrogens is 2. The van der Waals surface area contributed by atoms with Crippen molar-refractivity contribution >= 4 is 23.1 Å². The van der Waals surface area contributed by atoms with E-state index in [1.807, 2.05) is 45.0 Å². The van der Waals surface area contributed by atoms with Crippen LogP contribution in [-0.2, 0) is 0 Å². The maximum Gasteiger partial charge on any atom is 0.174 e. The van der Waals surface area contributed by atoms with E-state index in [-0.39, 0.29) is 12.1 Å². The molecule has 1 heterocycles. The first-order valence-electron chi connectivity index (χ1n) is 6.49. The van der Waals surface area contributed by atoms with Crippen LogP contribution in [0.1, 0.15) is 30.5 Å². The third-order valence-corrected chi connectivity index (χ3v) is 4.67. The standard InChI is InChI=1S/C14H19N3OS2/c1-9(2)18-12-6-4-11(5-7-12)13(15)8-19-14-17-16-10(3)20-14/h4-7,9,13H,8,15H2,1-3H3. The Morgan fingerprint density at radius 3 is 2.50 bits per heavy atom. The summed E-state index contributed by atoms with van der Waals surface area (Å²) in [5, 5.41) is 9.06. The molecule has 1 aromatic heterocycles. The topological polar surface area (TPSA) is 61.0 Å². The summed E-state index contributed by atoms with van der Waals surface area (Å²) >= 11 is 3.25. The quantitative estimate of drug-likeness (QED) is 0.828. The largest absolute Gasteiger partial charge is 0.491 e. The normalized spacial score (nSPS) is 12.7. The van der Waals surface area contributed by atoms with E-state index in [1.54, 1.807) is 23.1 Å². The zero-order valence-corrected chi connectivity index (χ0v) is 13.5. The third-order valence-electron chi connectivity index (χ3n) is 2.57. The fraction of sp³-hybridized carbons (Fsp3) is 0.429. The lowest BCUT2D eigenvalue weighted by Crippen LogP contribution is -2.13. The summed E-state index contributed by atoms with van der Waals surface area (Å²) in [6.07, 6.45) is 0.186. The number of nitrogens with two attached hydrogens (primary N) is 1. The highest BCUT2D eigenvalue weighted by molar-refractivity contribution is 8.01. The Morgan fingerprint density at radius 1 is 1.25 bits per heavy atom. The molecule has 1 aromatic carbocycles. The second-order valence-electron chi connectivity index (χ2n) is 4.74. The molecule has 108 valence electrons. The summed E-state index contributed by atoms with van der Waals surface area (Å²) in [5.74, 6) is 1.67. The van der Waals surface area contributed by atoms with Gasteiger partial charge in [0.1, 0.15) is 10.8 Å². The van der Waals surface area contributed by atoms with E-state index in [1.165, 1.54) is 0 Å². The number of thioether (sulfide) groups is 1. The molecule has 1 unspecified atom stereocenters. The van der Waals surface area contributed by atoms with E-state index in [4.69, 9.17) is 10.5 Å². The minimum atomic E-state index is -0.0164. The predicted molar refractivity (Wildman–Crippen MR) is 84.5 cm³/mol. The van der Waals surface area contributed by atoms with Crippen molar-refractivity contribution in [1.29, 1.82) is 0 Å². The number of rotatable bonds is 6. The number of hydrogen-bond donors (Lipinski definition) is 1. The molecule has 0 aliphatic rings. The minimum absolute atomic E-state index is 0.0164. The molecule has 4 nitrogen and oxygen atoms in total. The van der Waals surface area contributed by atoms with Crippen LogP contribution >= 0.6 is 23.1 Å². The fourth-order valence-corrected chi connectivity index (χ4v) is 3.49. The molecule has 2 N–H and O–H groups in total. The second kappa shape index (κ2) is 7.06. The monoisotopic (exact) mass is 309 g/mol. The van der Waals surface area contributed by atoms with Gasteiger partial charge in [-0.2, -0.15) is 0 Å². The van der Waals surface area contributed by atoms with E-state index in [0.717, 1.165) is 26.4 Å². The van der Waals surface area contributed by atoms with Gasteiger partial charge in [-0.15, -0.1) is 10.2 Å². The highest BCUT2D eigenvalue weighted by Crippen LogP contribution is 2.26. The first kappa shape index (κ1) is 15.3. The summed E-state index contributed by atoms with van der Waals surface area (Å²) in [7, 11) is 0. The third kappa shape index (κ3) is 4.47. The van der Waals surface area contributed by atoms with Gasteiger partial charge in [-0.25, -0.2) is 0 Å². The Balaban J connectivity index is 1.90. The van der Waals surface area contributed by atoms with Gasteiger partial charge < -0.3 is 10.5 Å². The van der Waals surface area contributed by atoms with Crippen LogP contribution in [0.25, 0.3) is 0 Å². The van der Waals surface area contributed by atoms with Crippen LogP contribution in [0.4, 0.5) is 0 Å². The Bertz CT molecular complexity index is 540. The lowest BCUT2D eigenvalue weighted by atomic mass is 10.1. The molecule has 0 fully saturated rings. The van der Waals surface area contributed by atoms with Crippen molar-refractivity contribution in [2.45, 2.75) is 37.3 Å². The van der Waals surface area contributed by atoms with Gasteiger partial charge in [-0.3, -0.25) is 0 Å². The number of benzene rings is 1. The second-order valence-corrected chi connectivity index (χ2v) is 7.19. The maximum atomic E-state index is 6.20. The molecule has 0 aliphatic carbocycles. The predicted octanol–water partition coefficient (Wildman–Crippen LogP) is 3.43. The van der Waals surface area contributed by atoms with Gasteiger partial charge in [0, 0.05) is 11.8 Å². The SMILES string of the molecule is Cc1nnc(SCC(N)c2ccc(OC(C)C)cc2)s1. The summed E-state index contributed by atoms with van der Waals surface area (Å²) in [6, 6.07) is 7.96. The first-order valence-corrected chi connectivity index (χ1v) is 8.30. The molecule has 2 rings (SSSR count). The van der Waals surface area contributed by atoms with Crippen LogP contribution in [0.5, 0.6) is 5.75 Å². The molecule has 0 spiro atoms. The molecule has 0 saturated carbocycles. The number of aryl methyl sites for hydroxylation is 1. The van der Waals surface area contributed by atoms with Crippen molar-refractivity contribution in [3.63, 3.8) is 0 Å². The molecular formula is C14H19N3OS2. The summed E-state index contributed by atoms with van der Waals surface area (Å²) < 4.78 is 6.59. The highest BCUT2D eigenvalue weighted by Gasteiger charge is 2.09. The Hall–Kier alpha value is -1.11. The molecule has 0 amide bonds. The van der Waals surface area contributed by atoms with Crippen LogP contribution in [0.3, 0.4) is 0 Å². The van der Waals surface area contributed by atoms with E-state index in [0.29, 0.717) is 0 Å². The van der Waals surface area contributed by atoms with Crippen LogP contribution in [0.2, 0.25) is 0 Å². The molecule has 20 heavy (non-hydrogen) atoms. The molecule has 2 aromatic rings. The van der Waals surface area contributed by atoms with E-state index in [2.05, 4.69) is 10.2 Å². The molecule has 0 bridgehead atoms. The average molecular weight is 309 g/mol. The lowest BCUT2D eigenvalue weighted by Gasteiger charge is -2.13. The van der Waals surface area contributed by atoms with Gasteiger partial charge in [0.15, 0.2) is 4.34 Å². The Kier molecular flexibility index (Phi) is 5.39. The number of ether oxygens (including phenoxy) is 1. The van der Waals surface area contributed by atoms with Gasteiger partial charge in [0.2, 0.25) is 0 Å². The van der Waals surface area contributed by atoms with Crippen LogP contribution < -0.4 is 10.5 Å². The zero-order valence-electron chi connectivity index (χ0n) is 11.9. The molecule has 6 heteroatoms. The smallest absolute Gasteiger partial charge is 0.174 e. The van der Waals surface area contributed by atoms with Gasteiger partial charge in [-0.05, 0) is 38.5 Å². The van der Waals surface area contributed by atoms with Crippen molar-refractivity contribution in [2.24, 2.45) is 5.73 Å². The number of nitrogens with zero attached hydrogens (tertiary/aromatic N) is 2. The summed E-state index contributed by atoms with van der Waals surface area (Å²) in [4.78, 5) is 0. The van der Waals surface area contributed by atoms with Gasteiger partial charge >= 0.3 is 0 Å². The summed E-state index contributed by atoms with van der Waals surface area (Å²) in [5.41, 5.74) is 7.30. The summed E-state index contributed by atoms with van der Waals surface area (Å²) in [6.45, 7) is 5.98. The van der Waals surface area contributed by atoms with Crippen LogP contribution in [0, 0.1) is 6.92 Å². The molecular weight excluding hydrogens is 290 g/mol. The molecule has 0 aliphatic heterocycles. The van der Waals surface area contributed by atoms with Crippen LogP contribution in [-0.4, -0.2) is 22.1 Å². The Morgan fingerprint density at radius 2 is 1.95 bits per heavy atom. The first-order chi connectivity index (χ1) is 9.54. The minimum Gasteiger partial charge on any atom is -0.491 e. The Labute approximate surface area is 127 Å². The van der Waals surface area contributed by atoms with Crippen molar-refractivity contribution < 1.29 is 4.74 Å². The van der Waals surface area contributed by atoms with Crippen molar-refractivity contribution in [3.8, 4) is 5.75 Å². The van der Waals surface area contributed by atoms with Gasteiger partial charge in [-0.1, -0.05) is 35.2 Å². The fourth-order valence-electron chi connectivity index (χ4n) is 1.66. The zero-order chi connectivity index (χ0) is 14.5. The van der Waals surface area contributed by atoms with E-state index >= 15 is 0 Å². The van der Waals surface area contributed by atoms with Crippen molar-refractivity contribution in [2.75, 3.05) is 5.75 Å². The average Bonchev–Trinajstić information content (AvgIpc) is 2.82. The highest BCUT2D eigenvalue weighted by atomic mass is 32.2. The van der Waals surface area contributed by atoms with Gasteiger partial charge in [0.25, 0.3) is 0 Å². The van der Waals surface area contributed by atoms with E-state index in [9.17, 15) is 0 Å². The van der Waals surface area contributed by atoms with Gasteiger partial charge in [0.05, 0.1) is 6.10 Å². The number of hydrogen-bond acceptors (Lipinski definition) is 6. The molecule has 0 radical (unpaired) electrons. The van der Waals surface area contributed by atoms with Crippen LogP contribution in [0.15, 0.2) is 28.6 Å².